The molecule has 64 valence electrons. The van der Waals surface area contributed by atoms with E-state index < -0.39 is 11.7 Å². The quantitative estimate of drug-likeness (QED) is 0.650. The summed E-state index contributed by atoms with van der Waals surface area (Å²) in [4.78, 5) is 10.7. The lowest BCUT2D eigenvalue weighted by molar-refractivity contribution is -0.121. The third-order valence-electron chi connectivity index (χ3n) is 1.42. The summed E-state index contributed by atoms with van der Waals surface area (Å²) in [5, 5.41) is 1.73. The van der Waals surface area contributed by atoms with Gasteiger partial charge in [-0.3, -0.25) is 4.79 Å². The highest BCUT2D eigenvalue weighted by molar-refractivity contribution is 8.00. The van der Waals surface area contributed by atoms with Gasteiger partial charge >= 0.3 is 0 Å². The highest BCUT2D eigenvalue weighted by atomic mass is 32.2. The average Bonchev–Trinajstić information content (AvgIpc) is 2.13. The van der Waals surface area contributed by atoms with Crippen molar-refractivity contribution in [3.8, 4) is 0 Å². The van der Waals surface area contributed by atoms with Crippen LogP contribution in [0.2, 0.25) is 0 Å². The minimum atomic E-state index is -2.39. The first-order chi connectivity index (χ1) is 5.20. The molecule has 2 nitrogen and oxygen atoms in total. The molecule has 1 aliphatic heterocycles. The van der Waals surface area contributed by atoms with E-state index in [9.17, 15) is 13.6 Å². The van der Waals surface area contributed by atoms with Gasteiger partial charge in [-0.1, -0.05) is 0 Å². The van der Waals surface area contributed by atoms with Gasteiger partial charge in [-0.25, -0.2) is 8.78 Å². The summed E-state index contributed by atoms with van der Waals surface area (Å²) >= 11 is 1.16. The van der Waals surface area contributed by atoms with E-state index >= 15 is 0 Å². The van der Waals surface area contributed by atoms with Crippen molar-refractivity contribution in [2.45, 2.75) is 18.1 Å². The molecule has 0 aliphatic carbocycles. The van der Waals surface area contributed by atoms with Crippen LogP contribution in [0.5, 0.6) is 0 Å². The molecule has 1 amide bonds. The second kappa shape index (κ2) is 3.90. The minimum absolute atomic E-state index is 0.0532. The molecule has 1 fully saturated rings. The fourth-order valence-corrected chi connectivity index (χ4v) is 1.81. The van der Waals surface area contributed by atoms with E-state index in [0.717, 1.165) is 11.8 Å². The van der Waals surface area contributed by atoms with Crippen LogP contribution in [0.3, 0.4) is 0 Å². The largest absolute Gasteiger partial charge is 0.355 e. The van der Waals surface area contributed by atoms with Crippen LogP contribution >= 0.6 is 11.8 Å². The van der Waals surface area contributed by atoms with Crippen LogP contribution in [-0.4, -0.2) is 29.9 Å². The molecular weight excluding hydrogens is 172 g/mol. The predicted molar refractivity (Wildman–Crippen MR) is 39.9 cm³/mol. The smallest absolute Gasteiger partial charge is 0.250 e. The number of thioether (sulfide) groups is 1. The van der Waals surface area contributed by atoms with Crippen molar-refractivity contribution < 1.29 is 13.6 Å². The summed E-state index contributed by atoms with van der Waals surface area (Å²) in [5.41, 5.74) is 0. The highest BCUT2D eigenvalue weighted by Gasteiger charge is 2.25. The molecule has 1 atom stereocenters. The van der Waals surface area contributed by atoms with Crippen molar-refractivity contribution in [3.05, 3.63) is 0 Å². The van der Waals surface area contributed by atoms with E-state index in [2.05, 4.69) is 5.32 Å². The first-order valence-electron chi connectivity index (χ1n) is 3.36. The fourth-order valence-electron chi connectivity index (χ4n) is 0.876. The molecule has 0 aromatic heterocycles. The number of halogens is 2. The molecule has 1 N–H and O–H groups in total. The lowest BCUT2D eigenvalue weighted by atomic mass is 10.3. The van der Waals surface area contributed by atoms with E-state index in [4.69, 9.17) is 0 Å². The standard InChI is InChI=1S/C6H9F2NOS/c7-6(8)4-3-5(10)9-1-2-11-4/h4,6H,1-3H2,(H,9,10). The second-order valence-electron chi connectivity index (χ2n) is 2.30. The Labute approximate surface area is 67.7 Å². The highest BCUT2D eigenvalue weighted by Crippen LogP contribution is 2.22. The third kappa shape index (κ3) is 2.65. The van der Waals surface area contributed by atoms with Gasteiger partial charge in [0.2, 0.25) is 5.91 Å². The summed E-state index contributed by atoms with van der Waals surface area (Å²) in [5.74, 6) is 0.320. The monoisotopic (exact) mass is 181 g/mol. The van der Waals surface area contributed by atoms with Gasteiger partial charge in [0, 0.05) is 18.7 Å². The maximum absolute atomic E-state index is 12.1. The number of carbonyl (C=O) groups excluding carboxylic acids is 1. The Bertz CT molecular complexity index is 154. The van der Waals surface area contributed by atoms with Crippen LogP contribution in [-0.2, 0) is 4.79 Å². The van der Waals surface area contributed by atoms with Crippen molar-refractivity contribution in [2.75, 3.05) is 12.3 Å². The first-order valence-corrected chi connectivity index (χ1v) is 4.41. The topological polar surface area (TPSA) is 29.1 Å². The molecular formula is C6H9F2NOS. The minimum Gasteiger partial charge on any atom is -0.355 e. The number of alkyl halides is 2. The van der Waals surface area contributed by atoms with Crippen molar-refractivity contribution in [1.82, 2.24) is 5.32 Å². The third-order valence-corrected chi connectivity index (χ3v) is 2.66. The van der Waals surface area contributed by atoms with Gasteiger partial charge in [-0.05, 0) is 0 Å². The lowest BCUT2D eigenvalue weighted by Gasteiger charge is -2.09. The van der Waals surface area contributed by atoms with Crippen LogP contribution in [0, 0.1) is 0 Å². The van der Waals surface area contributed by atoms with Gasteiger partial charge in [0.05, 0.1) is 5.25 Å². The number of hydrogen-bond acceptors (Lipinski definition) is 2. The summed E-state index contributed by atoms with van der Waals surface area (Å²) in [6.45, 7) is 0.507. The second-order valence-corrected chi connectivity index (χ2v) is 3.64. The van der Waals surface area contributed by atoms with Gasteiger partial charge in [0.25, 0.3) is 6.43 Å². The summed E-state index contributed by atoms with van der Waals surface area (Å²) < 4.78 is 24.1. The van der Waals surface area contributed by atoms with Crippen LogP contribution in [0.25, 0.3) is 0 Å². The van der Waals surface area contributed by atoms with Crippen LogP contribution in [0.4, 0.5) is 8.78 Å². The van der Waals surface area contributed by atoms with Gasteiger partial charge in [0.1, 0.15) is 0 Å². The Kier molecular flexibility index (Phi) is 3.11. The molecule has 0 saturated carbocycles. The van der Waals surface area contributed by atoms with Crippen molar-refractivity contribution in [1.29, 1.82) is 0 Å². The summed E-state index contributed by atoms with van der Waals surface area (Å²) in [6, 6.07) is 0. The molecule has 1 rings (SSSR count). The maximum atomic E-state index is 12.1. The van der Waals surface area contributed by atoms with Crippen LogP contribution < -0.4 is 5.32 Å². The van der Waals surface area contributed by atoms with Gasteiger partial charge in [0.15, 0.2) is 0 Å². The zero-order valence-electron chi connectivity index (χ0n) is 5.85. The lowest BCUT2D eigenvalue weighted by Crippen LogP contribution is -2.25. The van der Waals surface area contributed by atoms with E-state index in [1.165, 1.54) is 0 Å². The molecule has 11 heavy (non-hydrogen) atoms. The molecule has 5 heteroatoms. The van der Waals surface area contributed by atoms with Crippen LogP contribution in [0.15, 0.2) is 0 Å². The summed E-state index contributed by atoms with van der Waals surface area (Å²) in [7, 11) is 0. The fraction of sp³-hybridized carbons (Fsp3) is 0.833. The Morgan fingerprint density at radius 2 is 2.36 bits per heavy atom. The molecule has 1 aliphatic rings. The van der Waals surface area contributed by atoms with Crippen molar-refractivity contribution in [2.24, 2.45) is 0 Å². The molecule has 1 unspecified atom stereocenters. The Morgan fingerprint density at radius 1 is 1.64 bits per heavy atom. The maximum Gasteiger partial charge on any atom is 0.250 e. The Balaban J connectivity index is 2.45. The van der Waals surface area contributed by atoms with E-state index in [1.54, 1.807) is 0 Å². The molecule has 0 aromatic carbocycles. The molecule has 1 saturated heterocycles. The van der Waals surface area contributed by atoms with E-state index in [0.29, 0.717) is 12.3 Å². The van der Waals surface area contributed by atoms with Crippen LogP contribution in [0.1, 0.15) is 6.42 Å². The first kappa shape index (κ1) is 8.77. The zero-order chi connectivity index (χ0) is 8.27. The number of carbonyl (C=O) groups is 1. The predicted octanol–water partition coefficient (Wildman–Crippen LogP) is 0.873. The zero-order valence-corrected chi connectivity index (χ0v) is 6.66. The van der Waals surface area contributed by atoms with Gasteiger partial charge < -0.3 is 5.32 Å². The van der Waals surface area contributed by atoms with Gasteiger partial charge in [-0.2, -0.15) is 11.8 Å². The Hall–Kier alpha value is -0.320. The van der Waals surface area contributed by atoms with Gasteiger partial charge in [-0.15, -0.1) is 0 Å². The van der Waals surface area contributed by atoms with E-state index in [-0.39, 0.29) is 12.3 Å². The number of hydrogen-bond donors (Lipinski definition) is 1. The molecule has 0 radical (unpaired) electrons. The number of nitrogens with one attached hydrogen (secondary N) is 1. The van der Waals surface area contributed by atoms with E-state index in [1.807, 2.05) is 0 Å². The molecule has 0 bridgehead atoms. The normalized spacial score (nSPS) is 26.5. The molecule has 0 spiro atoms. The van der Waals surface area contributed by atoms with Crippen molar-refractivity contribution in [3.63, 3.8) is 0 Å². The average molecular weight is 181 g/mol. The summed E-state index contributed by atoms with van der Waals surface area (Å²) in [6.07, 6.45) is -2.44. The number of rotatable bonds is 1. The SMILES string of the molecule is O=C1CC(C(F)F)SCCN1. The Morgan fingerprint density at radius 3 is 3.00 bits per heavy atom. The molecule has 0 aromatic rings. The number of amides is 1. The molecule has 1 heterocycles. The van der Waals surface area contributed by atoms with Crippen molar-refractivity contribution >= 4 is 17.7 Å².